The van der Waals surface area contributed by atoms with Gasteiger partial charge in [0.25, 0.3) is 17.4 Å². The zero-order valence-electron chi connectivity index (χ0n) is 16.9. The van der Waals surface area contributed by atoms with Gasteiger partial charge in [0.05, 0.1) is 36.5 Å². The number of Topliss-reactive ketones (excluding diaryl/α,β-unsaturated/α-hetero) is 1. The van der Waals surface area contributed by atoms with Crippen molar-refractivity contribution in [3.63, 3.8) is 0 Å². The molecule has 0 spiro atoms. The molecule has 2 heterocycles. The molecule has 0 aliphatic carbocycles. The number of aliphatic hydroxyl groups excluding tert-OH is 1. The molecule has 1 aliphatic heterocycles. The maximum atomic E-state index is 13.0. The summed E-state index contributed by atoms with van der Waals surface area (Å²) in [6, 6.07) is 14.2. The van der Waals surface area contributed by atoms with Gasteiger partial charge in [0.15, 0.2) is 0 Å². The number of carbonyl (C=O) groups is 2. The second-order valence-corrected chi connectivity index (χ2v) is 7.08. The molecule has 0 radical (unpaired) electrons. The van der Waals surface area contributed by atoms with E-state index in [0.29, 0.717) is 22.6 Å². The van der Waals surface area contributed by atoms with Gasteiger partial charge in [-0.05, 0) is 54.1 Å². The van der Waals surface area contributed by atoms with Gasteiger partial charge in [-0.3, -0.25) is 19.7 Å². The second kappa shape index (κ2) is 8.38. The highest BCUT2D eigenvalue weighted by Crippen LogP contribution is 2.40. The molecule has 2 aromatic carbocycles. The smallest absolute Gasteiger partial charge is 0.296 e. The standard InChI is InChI=1S/C23H18N2O7/c1-31-17-10-6-15(7-11-17)21(26)19-20(14-4-8-16(9-5-14)25(29)30)24(23(28)22(19)27)13-18-3-2-12-32-18/h2-12,20,26H,13H2,1H3. The van der Waals surface area contributed by atoms with Crippen LogP contribution in [0.15, 0.2) is 76.9 Å². The van der Waals surface area contributed by atoms with Crippen LogP contribution >= 0.6 is 0 Å². The molecule has 0 bridgehead atoms. The molecule has 1 fully saturated rings. The van der Waals surface area contributed by atoms with Crippen LogP contribution in [0.3, 0.4) is 0 Å². The Morgan fingerprint density at radius 3 is 2.38 bits per heavy atom. The van der Waals surface area contributed by atoms with Crippen molar-refractivity contribution < 1.29 is 28.8 Å². The minimum atomic E-state index is -0.956. The fraction of sp³-hybridized carbons (Fsp3) is 0.130. The molecule has 9 nitrogen and oxygen atoms in total. The molecule has 0 saturated carbocycles. The molecular weight excluding hydrogens is 416 g/mol. The number of methoxy groups -OCH3 is 1. The first-order valence-electron chi connectivity index (χ1n) is 9.60. The number of hydrogen-bond acceptors (Lipinski definition) is 7. The number of amides is 1. The number of ether oxygens (including phenoxy) is 1. The van der Waals surface area contributed by atoms with Gasteiger partial charge in [-0.25, -0.2) is 0 Å². The van der Waals surface area contributed by atoms with E-state index in [1.54, 1.807) is 36.4 Å². The summed E-state index contributed by atoms with van der Waals surface area (Å²) in [6.07, 6.45) is 1.45. The number of nitro groups is 1. The number of furan rings is 1. The van der Waals surface area contributed by atoms with Gasteiger partial charge < -0.3 is 19.2 Å². The van der Waals surface area contributed by atoms with Gasteiger partial charge in [-0.15, -0.1) is 0 Å². The van der Waals surface area contributed by atoms with E-state index < -0.39 is 22.7 Å². The molecule has 4 rings (SSSR count). The molecule has 1 N–H and O–H groups in total. The molecular formula is C23H18N2O7. The molecule has 162 valence electrons. The lowest BCUT2D eigenvalue weighted by atomic mass is 9.95. The third kappa shape index (κ3) is 3.71. The highest BCUT2D eigenvalue weighted by atomic mass is 16.6. The minimum Gasteiger partial charge on any atom is -0.507 e. The van der Waals surface area contributed by atoms with Crippen molar-refractivity contribution in [2.75, 3.05) is 7.11 Å². The summed E-state index contributed by atoms with van der Waals surface area (Å²) in [5.41, 5.74) is 0.526. The fourth-order valence-corrected chi connectivity index (χ4v) is 3.64. The van der Waals surface area contributed by atoms with E-state index in [-0.39, 0.29) is 23.6 Å². The maximum absolute atomic E-state index is 13.0. The summed E-state index contributed by atoms with van der Waals surface area (Å²) < 4.78 is 10.4. The number of benzene rings is 2. The molecule has 1 unspecified atom stereocenters. The van der Waals surface area contributed by atoms with Crippen LogP contribution in [-0.2, 0) is 16.1 Å². The van der Waals surface area contributed by atoms with Crippen LogP contribution < -0.4 is 4.74 Å². The van der Waals surface area contributed by atoms with Crippen LogP contribution in [0.4, 0.5) is 5.69 Å². The Bertz CT molecular complexity index is 1200. The van der Waals surface area contributed by atoms with Crippen molar-refractivity contribution in [3.8, 4) is 5.75 Å². The second-order valence-electron chi connectivity index (χ2n) is 7.08. The highest BCUT2D eigenvalue weighted by Gasteiger charge is 2.46. The van der Waals surface area contributed by atoms with Crippen LogP contribution in [-0.4, -0.2) is 33.7 Å². The predicted octanol–water partition coefficient (Wildman–Crippen LogP) is 3.82. The number of non-ortho nitro benzene ring substituents is 1. The third-order valence-electron chi connectivity index (χ3n) is 5.23. The van der Waals surface area contributed by atoms with Crippen LogP contribution in [0.1, 0.15) is 22.9 Å². The molecule has 9 heteroatoms. The summed E-state index contributed by atoms with van der Waals surface area (Å²) in [7, 11) is 1.50. The Labute approximate surface area is 182 Å². The monoisotopic (exact) mass is 434 g/mol. The number of nitro benzene ring substituents is 1. The zero-order valence-corrected chi connectivity index (χ0v) is 16.9. The lowest BCUT2D eigenvalue weighted by Crippen LogP contribution is -2.29. The lowest BCUT2D eigenvalue weighted by Gasteiger charge is -2.24. The third-order valence-corrected chi connectivity index (χ3v) is 5.23. The summed E-state index contributed by atoms with van der Waals surface area (Å²) in [5.74, 6) is -1.00. The summed E-state index contributed by atoms with van der Waals surface area (Å²) in [5, 5.41) is 22.0. The van der Waals surface area contributed by atoms with Crippen LogP contribution in [0.25, 0.3) is 5.76 Å². The Kier molecular flexibility index (Phi) is 5.46. The van der Waals surface area contributed by atoms with Gasteiger partial charge in [0.1, 0.15) is 17.3 Å². The SMILES string of the molecule is COc1ccc(C(O)=C2C(=O)C(=O)N(Cc3ccco3)C2c2ccc([N+](=O)[O-])cc2)cc1. The van der Waals surface area contributed by atoms with Crippen LogP contribution in [0.2, 0.25) is 0 Å². The first-order chi connectivity index (χ1) is 15.4. The van der Waals surface area contributed by atoms with Gasteiger partial charge >= 0.3 is 0 Å². The van der Waals surface area contributed by atoms with E-state index in [9.17, 15) is 24.8 Å². The highest BCUT2D eigenvalue weighted by molar-refractivity contribution is 6.46. The van der Waals surface area contributed by atoms with Crippen molar-refractivity contribution in [1.29, 1.82) is 0 Å². The van der Waals surface area contributed by atoms with Crippen molar-refractivity contribution in [1.82, 2.24) is 4.90 Å². The molecule has 1 saturated heterocycles. The number of carbonyl (C=O) groups excluding carboxylic acids is 2. The Balaban J connectivity index is 1.84. The Morgan fingerprint density at radius 2 is 1.81 bits per heavy atom. The van der Waals surface area contributed by atoms with Crippen molar-refractivity contribution in [3.05, 3.63) is 99.5 Å². The summed E-state index contributed by atoms with van der Waals surface area (Å²) in [6.45, 7) is -0.0153. The summed E-state index contributed by atoms with van der Waals surface area (Å²) in [4.78, 5) is 37.6. The summed E-state index contributed by atoms with van der Waals surface area (Å²) >= 11 is 0. The van der Waals surface area contributed by atoms with Gasteiger partial charge in [0.2, 0.25) is 0 Å². The Hall–Kier alpha value is -4.40. The van der Waals surface area contributed by atoms with Crippen molar-refractivity contribution in [2.24, 2.45) is 0 Å². The number of hydrogen-bond donors (Lipinski definition) is 1. The molecule has 1 atom stereocenters. The zero-order chi connectivity index (χ0) is 22.8. The van der Waals surface area contributed by atoms with Crippen molar-refractivity contribution in [2.45, 2.75) is 12.6 Å². The number of nitrogens with zero attached hydrogens (tertiary/aromatic N) is 2. The van der Waals surface area contributed by atoms with E-state index in [1.807, 2.05) is 0 Å². The topological polar surface area (TPSA) is 123 Å². The molecule has 1 aliphatic rings. The van der Waals surface area contributed by atoms with E-state index in [2.05, 4.69) is 0 Å². The molecule has 1 aromatic heterocycles. The normalized spacial score (nSPS) is 17.5. The number of aliphatic hydroxyl groups is 1. The predicted molar refractivity (Wildman–Crippen MR) is 113 cm³/mol. The average Bonchev–Trinajstić information content (AvgIpc) is 3.41. The van der Waals surface area contributed by atoms with Gasteiger partial charge in [0, 0.05) is 17.7 Å². The van der Waals surface area contributed by atoms with Crippen molar-refractivity contribution >= 4 is 23.1 Å². The van der Waals surface area contributed by atoms with E-state index in [4.69, 9.17) is 9.15 Å². The largest absolute Gasteiger partial charge is 0.507 e. The fourth-order valence-electron chi connectivity index (χ4n) is 3.64. The Morgan fingerprint density at radius 1 is 1.12 bits per heavy atom. The van der Waals surface area contributed by atoms with E-state index >= 15 is 0 Å². The van der Waals surface area contributed by atoms with E-state index in [0.717, 1.165) is 0 Å². The van der Waals surface area contributed by atoms with Crippen LogP contribution in [0, 0.1) is 10.1 Å². The van der Waals surface area contributed by atoms with Crippen LogP contribution in [0.5, 0.6) is 5.75 Å². The molecule has 3 aromatic rings. The van der Waals surface area contributed by atoms with E-state index in [1.165, 1.54) is 42.5 Å². The lowest BCUT2D eigenvalue weighted by molar-refractivity contribution is -0.384. The first-order valence-corrected chi connectivity index (χ1v) is 9.60. The maximum Gasteiger partial charge on any atom is 0.296 e. The number of rotatable bonds is 6. The number of ketones is 1. The molecule has 32 heavy (non-hydrogen) atoms. The quantitative estimate of drug-likeness (QED) is 0.206. The van der Waals surface area contributed by atoms with Gasteiger partial charge in [-0.2, -0.15) is 0 Å². The molecule has 1 amide bonds. The first kappa shape index (κ1) is 20.9. The van der Waals surface area contributed by atoms with Gasteiger partial charge in [-0.1, -0.05) is 0 Å². The average molecular weight is 434 g/mol. The number of likely N-dealkylation sites (tertiary alicyclic amines) is 1. The minimum absolute atomic E-state index is 0.0153.